The fraction of sp³-hybridized carbons (Fsp3) is 0.0833. The third-order valence-corrected chi connectivity index (χ3v) is 7.28. The lowest BCUT2D eigenvalue weighted by molar-refractivity contribution is -0.277. The Hall–Kier alpha value is -3.84. The highest BCUT2D eigenvalue weighted by Gasteiger charge is 2.61. The van der Waals surface area contributed by atoms with Crippen LogP contribution in [0.5, 0.6) is 0 Å². The molecule has 0 fully saturated rings. The number of nitrogens with zero attached hydrogens (tertiary/aromatic N) is 6. The zero-order chi connectivity index (χ0) is 19.8. The first kappa shape index (κ1) is 15.0. The van der Waals surface area contributed by atoms with Crippen LogP contribution >= 0.6 is 0 Å². The molecule has 6 nitrogen and oxygen atoms in total. The molecule has 5 aliphatic heterocycles. The molecule has 0 saturated heterocycles. The smallest absolute Gasteiger partial charge is 0.290 e. The molecule has 2 atom stereocenters. The first-order valence-electron chi connectivity index (χ1n) is 10.7. The van der Waals surface area contributed by atoms with E-state index in [0.717, 1.165) is 33.6 Å². The maximum Gasteiger partial charge on any atom is 0.574 e. The van der Waals surface area contributed by atoms with Gasteiger partial charge in [-0.15, -0.1) is 4.99 Å². The molecule has 0 radical (unpaired) electrons. The largest absolute Gasteiger partial charge is 0.574 e. The number of amidine groups is 2. The second kappa shape index (κ2) is 4.73. The predicted octanol–water partition coefficient (Wildman–Crippen LogP) is 1.99. The molecule has 0 amide bonds. The summed E-state index contributed by atoms with van der Waals surface area (Å²) in [5.74, 6) is 2.02. The van der Waals surface area contributed by atoms with Crippen molar-refractivity contribution < 1.29 is 4.49 Å². The summed E-state index contributed by atoms with van der Waals surface area (Å²) in [6, 6.07) is 25.7. The summed E-state index contributed by atoms with van der Waals surface area (Å²) in [6.45, 7) is 0. The number of aliphatic imine (C=N–C) groups is 1. The summed E-state index contributed by atoms with van der Waals surface area (Å²) in [7, 11) is -0.0234. The second-order valence-corrected chi connectivity index (χ2v) is 8.67. The molecule has 142 valence electrons. The average Bonchev–Trinajstić information content (AvgIpc) is 3.45. The first-order valence-corrected chi connectivity index (χ1v) is 10.7. The van der Waals surface area contributed by atoms with Gasteiger partial charge in [-0.3, -0.25) is 4.48 Å². The molecule has 0 aliphatic carbocycles. The van der Waals surface area contributed by atoms with Gasteiger partial charge in [-0.05, 0) is 23.8 Å². The van der Waals surface area contributed by atoms with Crippen molar-refractivity contribution in [1.82, 2.24) is 9.29 Å². The van der Waals surface area contributed by atoms with Crippen molar-refractivity contribution in [2.45, 2.75) is 12.3 Å². The van der Waals surface area contributed by atoms with Gasteiger partial charge in [-0.1, -0.05) is 59.6 Å². The highest BCUT2D eigenvalue weighted by Crippen LogP contribution is 2.48. The molecule has 0 bridgehead atoms. The van der Waals surface area contributed by atoms with Crippen molar-refractivity contribution in [2.75, 3.05) is 0 Å². The van der Waals surface area contributed by atoms with E-state index < -0.39 is 0 Å². The molecule has 5 aliphatic rings. The van der Waals surface area contributed by atoms with E-state index in [-0.39, 0.29) is 19.4 Å². The number of hydrogen-bond donors (Lipinski definition) is 0. The molecular formula is C24H14BN6+. The Morgan fingerprint density at radius 3 is 2.16 bits per heavy atom. The Morgan fingerprint density at radius 1 is 0.710 bits per heavy atom. The van der Waals surface area contributed by atoms with Crippen molar-refractivity contribution in [2.24, 2.45) is 15.0 Å². The van der Waals surface area contributed by atoms with Gasteiger partial charge in [0, 0.05) is 16.3 Å². The van der Waals surface area contributed by atoms with Crippen LogP contribution in [-0.4, -0.2) is 32.6 Å². The van der Waals surface area contributed by atoms with Crippen LogP contribution in [0.4, 0.5) is 0 Å². The number of fused-ring (bicyclic) bond motifs is 9. The minimum atomic E-state index is -0.0433. The van der Waals surface area contributed by atoms with Gasteiger partial charge in [-0.25, -0.2) is 14.3 Å². The molecule has 3 aromatic carbocycles. The van der Waals surface area contributed by atoms with Gasteiger partial charge >= 0.3 is 7.12 Å². The van der Waals surface area contributed by atoms with Crippen molar-refractivity contribution in [3.8, 4) is 0 Å². The molecule has 6 heterocycles. The Labute approximate surface area is 177 Å². The number of aromatic nitrogens is 1. The van der Waals surface area contributed by atoms with Crippen LogP contribution in [0.15, 0.2) is 87.8 Å². The molecule has 4 aromatic rings. The third-order valence-electron chi connectivity index (χ3n) is 7.28. The monoisotopic (exact) mass is 397 g/mol. The van der Waals surface area contributed by atoms with Gasteiger partial charge in [0.2, 0.25) is 5.49 Å². The van der Waals surface area contributed by atoms with Gasteiger partial charge in [0.15, 0.2) is 6.17 Å². The van der Waals surface area contributed by atoms with Gasteiger partial charge in [0.1, 0.15) is 11.7 Å². The minimum absolute atomic E-state index is 0.0234. The lowest BCUT2D eigenvalue weighted by atomic mass is 9.83. The Morgan fingerprint density at radius 2 is 1.35 bits per heavy atom. The molecule has 9 rings (SSSR count). The van der Waals surface area contributed by atoms with Gasteiger partial charge in [0.25, 0.3) is 11.7 Å². The second-order valence-electron chi connectivity index (χ2n) is 8.67. The quantitative estimate of drug-likeness (QED) is 0.419. The summed E-state index contributed by atoms with van der Waals surface area (Å²) < 4.78 is 4.65. The summed E-state index contributed by atoms with van der Waals surface area (Å²) in [6.07, 6.45) is -0.0866. The SMILES string of the molecule is c1ccc2c(c1)C1=NC3c4ccccc4C4N=c5c6ccccc6c6n5B(N34)[N+]1=C2N=6. The average molecular weight is 397 g/mol. The molecule has 31 heavy (non-hydrogen) atoms. The van der Waals surface area contributed by atoms with E-state index in [2.05, 4.69) is 86.6 Å². The summed E-state index contributed by atoms with van der Waals surface area (Å²) in [4.78, 5) is 18.2. The standard InChI is InChI=1S/C24H14BN6/c1-2-8-14-13(7-1)19-26-21-15-9-3-4-10-16(15)23-28-24-18-12-6-5-11-17(18)22-27-20(14)29(19)25(30(21)23)31(22)24/h1-12,19-20H/q+1. The Bertz CT molecular complexity index is 1730. The maximum absolute atomic E-state index is 5.29. The van der Waals surface area contributed by atoms with Gasteiger partial charge < -0.3 is 0 Å². The highest BCUT2D eigenvalue weighted by molar-refractivity contribution is 6.51. The van der Waals surface area contributed by atoms with E-state index in [4.69, 9.17) is 15.0 Å². The van der Waals surface area contributed by atoms with E-state index in [1.165, 1.54) is 22.1 Å². The fourth-order valence-corrected chi connectivity index (χ4v) is 6.07. The Balaban J connectivity index is 1.54. The van der Waals surface area contributed by atoms with E-state index >= 15 is 0 Å². The zero-order valence-electron chi connectivity index (χ0n) is 16.3. The van der Waals surface area contributed by atoms with E-state index in [1.807, 2.05) is 0 Å². The molecule has 7 heteroatoms. The van der Waals surface area contributed by atoms with E-state index in [1.54, 1.807) is 0 Å². The summed E-state index contributed by atoms with van der Waals surface area (Å²) in [5.41, 5.74) is 6.86. The molecule has 2 unspecified atom stereocenters. The topological polar surface area (TPSA) is 48.3 Å². The molecule has 0 saturated carbocycles. The highest BCUT2D eigenvalue weighted by atomic mass is 15.5. The van der Waals surface area contributed by atoms with Crippen molar-refractivity contribution >= 4 is 29.6 Å². The van der Waals surface area contributed by atoms with Crippen molar-refractivity contribution in [1.29, 1.82) is 0 Å². The normalized spacial score (nSPS) is 23.2. The maximum atomic E-state index is 5.29. The lowest BCUT2D eigenvalue weighted by Gasteiger charge is -2.36. The van der Waals surface area contributed by atoms with E-state index in [9.17, 15) is 0 Å². The molecule has 0 spiro atoms. The number of hydrogen-bond acceptors (Lipinski definition) is 4. The summed E-state index contributed by atoms with van der Waals surface area (Å²) in [5, 5.41) is 2.33. The molecular weight excluding hydrogens is 383 g/mol. The van der Waals surface area contributed by atoms with Crippen LogP contribution in [0, 0.1) is 0 Å². The van der Waals surface area contributed by atoms with Gasteiger partial charge in [0.05, 0.1) is 11.1 Å². The fourth-order valence-electron chi connectivity index (χ4n) is 6.07. The molecule has 1 aromatic heterocycles. The minimum Gasteiger partial charge on any atom is -0.290 e. The third kappa shape index (κ3) is 1.49. The van der Waals surface area contributed by atoms with Crippen LogP contribution in [-0.2, 0) is 0 Å². The van der Waals surface area contributed by atoms with Crippen molar-refractivity contribution in [3.05, 3.63) is 106 Å². The van der Waals surface area contributed by atoms with E-state index in [0.29, 0.717) is 0 Å². The molecule has 0 N–H and O–H groups in total. The number of benzene rings is 3. The zero-order valence-corrected chi connectivity index (χ0v) is 16.3. The van der Waals surface area contributed by atoms with Gasteiger partial charge in [-0.2, -0.15) is 0 Å². The van der Waals surface area contributed by atoms with Crippen LogP contribution < -0.4 is 11.0 Å². The van der Waals surface area contributed by atoms with Crippen LogP contribution in [0.3, 0.4) is 0 Å². The van der Waals surface area contributed by atoms with Crippen LogP contribution in [0.1, 0.15) is 34.6 Å². The Kier molecular flexibility index (Phi) is 2.30. The lowest BCUT2D eigenvalue weighted by Crippen LogP contribution is -2.66. The number of rotatable bonds is 0. The van der Waals surface area contributed by atoms with Crippen LogP contribution in [0.25, 0.3) is 10.8 Å². The summed E-state index contributed by atoms with van der Waals surface area (Å²) >= 11 is 0. The van der Waals surface area contributed by atoms with Crippen molar-refractivity contribution in [3.63, 3.8) is 0 Å². The first-order chi connectivity index (χ1) is 15.4. The van der Waals surface area contributed by atoms with Crippen LogP contribution in [0.2, 0.25) is 0 Å². The predicted molar refractivity (Wildman–Crippen MR) is 117 cm³/mol.